The molecule has 3 rings (SSSR count). The molecule has 40 heavy (non-hydrogen) atoms. The molecule has 1 saturated carbocycles. The van der Waals surface area contributed by atoms with Gasteiger partial charge in [0.25, 0.3) is 5.91 Å². The van der Waals surface area contributed by atoms with Gasteiger partial charge in [0, 0.05) is 30.7 Å². The Hall–Kier alpha value is -2.83. The van der Waals surface area contributed by atoms with E-state index in [9.17, 15) is 23.7 Å². The highest BCUT2D eigenvalue weighted by Gasteiger charge is 2.50. The number of halogens is 2. The Kier molecular flexibility index (Phi) is 10.8. The van der Waals surface area contributed by atoms with Gasteiger partial charge >= 0.3 is 5.97 Å². The van der Waals surface area contributed by atoms with Gasteiger partial charge < -0.3 is 15.3 Å². The van der Waals surface area contributed by atoms with Gasteiger partial charge in [0.05, 0.1) is 34.1 Å². The lowest BCUT2D eigenvalue weighted by molar-refractivity contribution is -0.119. The minimum atomic E-state index is -1.56. The number of carbonyl (C=O) groups is 3. The Balaban J connectivity index is 1.94. The molecule has 1 atom stereocenters. The van der Waals surface area contributed by atoms with Crippen molar-refractivity contribution >= 4 is 74.9 Å². The van der Waals surface area contributed by atoms with Crippen LogP contribution in [0.3, 0.4) is 0 Å². The smallest absolute Gasteiger partial charge is 0.337 e. The summed E-state index contributed by atoms with van der Waals surface area (Å²) in [5, 5.41) is 11.9. The third-order valence-electron chi connectivity index (χ3n) is 6.89. The number of benzene rings is 2. The fourth-order valence-electron chi connectivity index (χ4n) is 4.21. The average Bonchev–Trinajstić information content (AvgIpc) is 3.72. The van der Waals surface area contributed by atoms with Crippen molar-refractivity contribution in [2.24, 2.45) is 10.4 Å². The summed E-state index contributed by atoms with van der Waals surface area (Å²) in [4.78, 5) is 45.1. The molecular weight excluding hydrogens is 579 g/mol. The highest BCUT2D eigenvalue weighted by molar-refractivity contribution is 7.78. The third kappa shape index (κ3) is 7.46. The van der Waals surface area contributed by atoms with E-state index in [1.807, 2.05) is 32.9 Å². The molecule has 1 amide bonds. The number of carboxylic acid groups (broad SMARTS) is 1. The summed E-state index contributed by atoms with van der Waals surface area (Å²) in [6, 6.07) is 7.84. The summed E-state index contributed by atoms with van der Waals surface area (Å²) in [5.41, 5.74) is 0.907. The summed E-state index contributed by atoms with van der Waals surface area (Å²) in [5.74, 6) is -2.45. The molecule has 0 aromatic heterocycles. The first-order chi connectivity index (χ1) is 19.0. The van der Waals surface area contributed by atoms with Crippen LogP contribution < -0.4 is 14.9 Å². The molecule has 2 aromatic carbocycles. The van der Waals surface area contributed by atoms with Crippen molar-refractivity contribution in [2.45, 2.75) is 40.0 Å². The van der Waals surface area contributed by atoms with E-state index in [4.69, 9.17) is 27.4 Å². The van der Waals surface area contributed by atoms with Crippen LogP contribution in [0, 0.1) is 12.3 Å². The summed E-state index contributed by atoms with van der Waals surface area (Å²) in [6.07, 6.45) is 1.88. The van der Waals surface area contributed by atoms with Gasteiger partial charge in [-0.3, -0.25) is 13.8 Å². The minimum absolute atomic E-state index is 0.00369. The van der Waals surface area contributed by atoms with Crippen LogP contribution in [-0.2, 0) is 25.0 Å². The lowest BCUT2D eigenvalue weighted by Crippen LogP contribution is -2.35. The van der Waals surface area contributed by atoms with E-state index in [-0.39, 0.29) is 32.8 Å². The molecule has 0 saturated heterocycles. The number of Topliss-reactive ketones (excluding diaryl/α,β-unsaturated/α-hetero) is 1. The molecule has 216 valence electrons. The van der Waals surface area contributed by atoms with Gasteiger partial charge in [0.15, 0.2) is 11.5 Å². The number of aliphatic imine (C=N–C) groups is 1. The van der Waals surface area contributed by atoms with Crippen LogP contribution >= 0.6 is 23.2 Å². The average molecular weight is 612 g/mol. The number of likely N-dealkylation sites (N-methyl/N-ethyl adjacent to an activating group) is 1. The lowest BCUT2D eigenvalue weighted by atomic mass is 9.93. The molecule has 0 bridgehead atoms. The largest absolute Gasteiger partial charge is 0.478 e. The van der Waals surface area contributed by atoms with Crippen LogP contribution in [0.5, 0.6) is 0 Å². The number of hydrogen-bond acceptors (Lipinski definition) is 7. The summed E-state index contributed by atoms with van der Waals surface area (Å²) >= 11 is 10.6. The van der Waals surface area contributed by atoms with Crippen molar-refractivity contribution in [2.75, 3.05) is 37.0 Å². The van der Waals surface area contributed by atoms with Crippen molar-refractivity contribution in [3.8, 4) is 0 Å². The van der Waals surface area contributed by atoms with E-state index in [2.05, 4.69) is 19.9 Å². The van der Waals surface area contributed by atoms with Crippen LogP contribution in [-0.4, -0.2) is 59.4 Å². The molecule has 0 spiro atoms. The zero-order valence-corrected chi connectivity index (χ0v) is 25.0. The van der Waals surface area contributed by atoms with Gasteiger partial charge in [-0.1, -0.05) is 30.1 Å². The van der Waals surface area contributed by atoms with Gasteiger partial charge in [-0.05, 0) is 69.0 Å². The summed E-state index contributed by atoms with van der Waals surface area (Å²) in [7, 11) is 1.35. The number of rotatable bonds is 14. The maximum atomic E-state index is 13.5. The number of carboxylic acids is 1. The van der Waals surface area contributed by atoms with E-state index in [0.29, 0.717) is 44.6 Å². The van der Waals surface area contributed by atoms with Gasteiger partial charge in [0.1, 0.15) is 0 Å². The first kappa shape index (κ1) is 31.7. The number of nitrogens with zero attached hydrogens (tertiary/aromatic N) is 2. The molecule has 2 aromatic rings. The maximum Gasteiger partial charge on any atom is 0.337 e. The molecule has 1 fully saturated rings. The number of amides is 1. The van der Waals surface area contributed by atoms with E-state index in [1.54, 1.807) is 6.07 Å². The molecule has 0 aliphatic heterocycles. The number of nitrogens with one attached hydrogen (secondary N) is 2. The normalized spacial score (nSPS) is 14.9. The molecule has 1 aliphatic rings. The Morgan fingerprint density at radius 3 is 2.40 bits per heavy atom. The number of aryl methyl sites for hydroxylation is 1. The second kappa shape index (κ2) is 13.7. The monoisotopic (exact) mass is 610 g/mol. The predicted octanol–water partition coefficient (Wildman–Crippen LogP) is 5.11. The topological polar surface area (TPSA) is 137 Å². The van der Waals surface area contributed by atoms with E-state index >= 15 is 0 Å². The number of anilines is 2. The summed E-state index contributed by atoms with van der Waals surface area (Å²) in [6.45, 7) is 7.41. The second-order valence-electron chi connectivity index (χ2n) is 9.34. The predicted molar refractivity (Wildman–Crippen MR) is 158 cm³/mol. The number of aromatic carboxylic acids is 1. The lowest BCUT2D eigenvalue weighted by Gasteiger charge is -2.24. The molecule has 0 radical (unpaired) electrons. The van der Waals surface area contributed by atoms with Crippen molar-refractivity contribution < 1.29 is 27.9 Å². The Morgan fingerprint density at radius 2 is 1.85 bits per heavy atom. The number of carbonyl (C=O) groups excluding carboxylic acids is 2. The zero-order chi connectivity index (χ0) is 29.6. The Labute approximate surface area is 245 Å². The molecule has 3 N–H and O–H groups in total. The van der Waals surface area contributed by atoms with Crippen LogP contribution in [0.2, 0.25) is 10.0 Å². The van der Waals surface area contributed by atoms with Crippen LogP contribution in [0.4, 0.5) is 17.1 Å². The quantitative estimate of drug-likeness (QED) is 0.199. The van der Waals surface area contributed by atoms with Crippen molar-refractivity contribution in [3.05, 3.63) is 51.5 Å². The fourth-order valence-corrected chi connectivity index (χ4v) is 5.10. The van der Waals surface area contributed by atoms with Crippen LogP contribution in [0.15, 0.2) is 35.3 Å². The molecule has 13 heteroatoms. The van der Waals surface area contributed by atoms with Crippen LogP contribution in [0.1, 0.15) is 49.0 Å². The highest BCUT2D eigenvalue weighted by atomic mass is 35.5. The van der Waals surface area contributed by atoms with Crippen molar-refractivity contribution in [1.82, 2.24) is 4.72 Å². The van der Waals surface area contributed by atoms with Crippen molar-refractivity contribution in [3.63, 3.8) is 0 Å². The maximum absolute atomic E-state index is 13.5. The van der Waals surface area contributed by atoms with E-state index in [1.165, 1.54) is 13.2 Å². The molecule has 0 heterocycles. The van der Waals surface area contributed by atoms with Gasteiger partial charge in [-0.2, -0.15) is 0 Å². The third-order valence-corrected chi connectivity index (χ3v) is 8.26. The van der Waals surface area contributed by atoms with Gasteiger partial charge in [0.2, 0.25) is 11.3 Å². The first-order valence-electron chi connectivity index (χ1n) is 12.7. The first-order valence-corrected chi connectivity index (χ1v) is 14.5. The Morgan fingerprint density at radius 1 is 1.15 bits per heavy atom. The van der Waals surface area contributed by atoms with Gasteiger partial charge in [-0.25, -0.2) is 18.7 Å². The molecule has 10 nitrogen and oxygen atoms in total. The second-order valence-corrected chi connectivity index (χ2v) is 11.2. The van der Waals surface area contributed by atoms with Gasteiger partial charge in [-0.15, -0.1) is 0 Å². The number of ketones is 1. The highest BCUT2D eigenvalue weighted by Crippen LogP contribution is 2.50. The number of hydrogen-bond donors (Lipinski definition) is 3. The van der Waals surface area contributed by atoms with Crippen LogP contribution in [0.25, 0.3) is 0 Å². The SMILES string of the molecule is CCN(CCNS(=O)OC)c1ccc(N=C(C(=O)Nc2cc(C(=O)O)c(Cl)cc2Cl)C(=O)C2(CC)CC2)c(C)c1. The standard InChI is InChI=1S/C27H32Cl2N4O6S/c1-5-27(9-10-27)24(34)23(25(35)32-22-14-18(26(36)37)19(28)15-20(22)29)31-21-8-7-17(13-16(21)3)33(6-2)12-11-30-40(38)39-4/h7-8,13-15,30H,5-6,9-12H2,1-4H3,(H,32,35)(H,36,37). The molecule has 1 aliphatic carbocycles. The zero-order valence-electron chi connectivity index (χ0n) is 22.7. The fraction of sp³-hybridized carbons (Fsp3) is 0.407. The molecular formula is C27H32Cl2N4O6S. The Bertz CT molecular complexity index is 1360. The van der Waals surface area contributed by atoms with Crippen molar-refractivity contribution in [1.29, 1.82) is 0 Å². The van der Waals surface area contributed by atoms with E-state index in [0.717, 1.165) is 17.3 Å². The van der Waals surface area contributed by atoms with E-state index < -0.39 is 28.6 Å². The minimum Gasteiger partial charge on any atom is -0.478 e. The summed E-state index contributed by atoms with van der Waals surface area (Å²) < 4.78 is 18.9. The molecule has 1 unspecified atom stereocenters.